The van der Waals surface area contributed by atoms with Gasteiger partial charge in [0.1, 0.15) is 0 Å². The van der Waals surface area contributed by atoms with E-state index in [1.165, 1.54) is 31.5 Å². The molecule has 1 amide bonds. The Bertz CT molecular complexity index is 1090. The van der Waals surface area contributed by atoms with Crippen LogP contribution in [0.3, 0.4) is 0 Å². The highest BCUT2D eigenvalue weighted by molar-refractivity contribution is 6.04. The summed E-state index contributed by atoms with van der Waals surface area (Å²) in [4.78, 5) is 34.8. The largest absolute Gasteiger partial charge is 0.465 e. The maximum absolute atomic E-state index is 12.4. The number of benzene rings is 2. The number of amides is 1. The number of nitrogens with one attached hydrogen (secondary N) is 1. The average Bonchev–Trinajstić information content (AvgIpc) is 3.14. The van der Waals surface area contributed by atoms with Crippen LogP contribution in [-0.4, -0.2) is 33.7 Å². The second kappa shape index (κ2) is 8.34. The van der Waals surface area contributed by atoms with E-state index < -0.39 is 16.8 Å². The van der Waals surface area contributed by atoms with Crippen molar-refractivity contribution < 1.29 is 19.2 Å². The van der Waals surface area contributed by atoms with Crippen molar-refractivity contribution in [2.75, 3.05) is 12.4 Å². The van der Waals surface area contributed by atoms with Crippen molar-refractivity contribution in [1.29, 1.82) is 0 Å². The monoisotopic (exact) mass is 394 g/mol. The summed E-state index contributed by atoms with van der Waals surface area (Å²) in [5, 5.41) is 17.9. The molecular weight excluding hydrogens is 376 g/mol. The van der Waals surface area contributed by atoms with Crippen LogP contribution >= 0.6 is 0 Å². The molecule has 3 rings (SSSR count). The molecule has 0 atom stereocenters. The summed E-state index contributed by atoms with van der Waals surface area (Å²) < 4.78 is 6.35. The lowest BCUT2D eigenvalue weighted by atomic mass is 10.1. The van der Waals surface area contributed by atoms with Crippen molar-refractivity contribution in [1.82, 2.24) is 9.78 Å². The molecule has 29 heavy (non-hydrogen) atoms. The van der Waals surface area contributed by atoms with Gasteiger partial charge in [-0.05, 0) is 24.6 Å². The number of aryl methyl sites for hydroxylation is 1. The number of anilines is 1. The van der Waals surface area contributed by atoms with Gasteiger partial charge in [0.25, 0.3) is 11.6 Å². The molecule has 9 nitrogen and oxygen atoms in total. The zero-order valence-electron chi connectivity index (χ0n) is 15.8. The highest BCUT2D eigenvalue weighted by Crippen LogP contribution is 2.20. The standard InChI is InChI=1S/C20H18N4O5/c1-13-7-8-14(9-18(13)24(27)28)19(25)22-16-10-21-23(12-16)11-15-5-3-4-6-17(15)20(26)29-2/h3-10,12H,11H2,1-2H3,(H,22,25). The van der Waals surface area contributed by atoms with Crippen LogP contribution in [0.4, 0.5) is 11.4 Å². The number of aromatic nitrogens is 2. The number of carbonyl (C=O) groups is 2. The van der Waals surface area contributed by atoms with Crippen molar-refractivity contribution in [2.45, 2.75) is 13.5 Å². The van der Waals surface area contributed by atoms with Gasteiger partial charge in [-0.1, -0.05) is 24.3 Å². The van der Waals surface area contributed by atoms with Gasteiger partial charge in [-0.3, -0.25) is 19.6 Å². The third-order valence-corrected chi connectivity index (χ3v) is 4.31. The SMILES string of the molecule is COC(=O)c1ccccc1Cn1cc(NC(=O)c2ccc(C)c([N+](=O)[O-])c2)cn1. The number of nitro benzene ring substituents is 1. The Kier molecular flexibility index (Phi) is 5.68. The zero-order chi connectivity index (χ0) is 21.0. The predicted octanol–water partition coefficient (Wildman–Crippen LogP) is 3.19. The number of nitro groups is 1. The predicted molar refractivity (Wildman–Crippen MR) is 105 cm³/mol. The topological polar surface area (TPSA) is 116 Å². The van der Waals surface area contributed by atoms with Gasteiger partial charge in [0, 0.05) is 23.4 Å². The summed E-state index contributed by atoms with van der Waals surface area (Å²) in [6.07, 6.45) is 3.07. The number of carbonyl (C=O) groups excluding carboxylic acids is 2. The number of esters is 1. The van der Waals surface area contributed by atoms with Gasteiger partial charge in [-0.25, -0.2) is 4.79 Å². The van der Waals surface area contributed by atoms with Gasteiger partial charge < -0.3 is 10.1 Å². The molecule has 1 aromatic heterocycles. The minimum Gasteiger partial charge on any atom is -0.465 e. The molecule has 1 N–H and O–H groups in total. The third-order valence-electron chi connectivity index (χ3n) is 4.31. The molecule has 1 heterocycles. The van der Waals surface area contributed by atoms with Crippen LogP contribution in [0, 0.1) is 17.0 Å². The van der Waals surface area contributed by atoms with Crippen LogP contribution in [0.1, 0.15) is 31.8 Å². The number of hydrogen-bond acceptors (Lipinski definition) is 6. The molecular formula is C20H18N4O5. The summed E-state index contributed by atoms with van der Waals surface area (Å²) >= 11 is 0. The average molecular weight is 394 g/mol. The summed E-state index contributed by atoms with van der Waals surface area (Å²) in [6.45, 7) is 1.91. The molecule has 0 aliphatic rings. The van der Waals surface area contributed by atoms with Crippen molar-refractivity contribution in [2.24, 2.45) is 0 Å². The zero-order valence-corrected chi connectivity index (χ0v) is 15.8. The summed E-state index contributed by atoms with van der Waals surface area (Å²) in [6, 6.07) is 11.3. The molecule has 0 aliphatic carbocycles. The lowest BCUT2D eigenvalue weighted by Crippen LogP contribution is -2.12. The van der Waals surface area contributed by atoms with Crippen molar-refractivity contribution in [3.8, 4) is 0 Å². The normalized spacial score (nSPS) is 10.4. The van der Waals surface area contributed by atoms with E-state index in [1.54, 1.807) is 42.1 Å². The van der Waals surface area contributed by atoms with Crippen LogP contribution in [-0.2, 0) is 11.3 Å². The first kappa shape index (κ1) is 19.7. The number of hydrogen-bond donors (Lipinski definition) is 1. The molecule has 9 heteroatoms. The van der Waals surface area contributed by atoms with Gasteiger partial charge in [-0.15, -0.1) is 0 Å². The van der Waals surface area contributed by atoms with E-state index in [4.69, 9.17) is 4.74 Å². The molecule has 0 radical (unpaired) electrons. The van der Waals surface area contributed by atoms with E-state index in [1.807, 2.05) is 0 Å². The van der Waals surface area contributed by atoms with Gasteiger partial charge in [0.15, 0.2) is 0 Å². The second-order valence-electron chi connectivity index (χ2n) is 6.29. The fourth-order valence-corrected chi connectivity index (χ4v) is 2.81. The van der Waals surface area contributed by atoms with Gasteiger partial charge in [0.05, 0.1) is 36.0 Å². The van der Waals surface area contributed by atoms with Crippen LogP contribution in [0.2, 0.25) is 0 Å². The van der Waals surface area contributed by atoms with E-state index in [-0.39, 0.29) is 11.3 Å². The molecule has 0 aliphatic heterocycles. The highest BCUT2D eigenvalue weighted by atomic mass is 16.6. The molecule has 2 aromatic carbocycles. The second-order valence-corrected chi connectivity index (χ2v) is 6.29. The Hall–Kier alpha value is -4.01. The maximum atomic E-state index is 12.4. The Morgan fingerprint density at radius 2 is 2.00 bits per heavy atom. The minimum absolute atomic E-state index is 0.118. The van der Waals surface area contributed by atoms with Crippen LogP contribution in [0.5, 0.6) is 0 Å². The molecule has 0 bridgehead atoms. The molecule has 0 saturated heterocycles. The molecule has 0 saturated carbocycles. The Morgan fingerprint density at radius 3 is 2.72 bits per heavy atom. The molecule has 148 valence electrons. The Balaban J connectivity index is 1.75. The van der Waals surface area contributed by atoms with Crippen LogP contribution in [0.15, 0.2) is 54.9 Å². The smallest absolute Gasteiger partial charge is 0.338 e. The first-order chi connectivity index (χ1) is 13.9. The van der Waals surface area contributed by atoms with Crippen molar-refractivity contribution in [3.63, 3.8) is 0 Å². The fraction of sp³-hybridized carbons (Fsp3) is 0.150. The summed E-state index contributed by atoms with van der Waals surface area (Å²) in [7, 11) is 1.32. The number of methoxy groups -OCH3 is 1. The van der Waals surface area contributed by atoms with E-state index >= 15 is 0 Å². The van der Waals surface area contributed by atoms with Crippen molar-refractivity contribution >= 4 is 23.3 Å². The Morgan fingerprint density at radius 1 is 1.24 bits per heavy atom. The number of ether oxygens (including phenoxy) is 1. The lowest BCUT2D eigenvalue weighted by molar-refractivity contribution is -0.385. The van der Waals surface area contributed by atoms with Gasteiger partial charge in [-0.2, -0.15) is 5.10 Å². The summed E-state index contributed by atoms with van der Waals surface area (Å²) in [5.74, 6) is -0.926. The van der Waals surface area contributed by atoms with Crippen LogP contribution < -0.4 is 5.32 Å². The van der Waals surface area contributed by atoms with Crippen LogP contribution in [0.25, 0.3) is 0 Å². The van der Waals surface area contributed by atoms with Gasteiger partial charge >= 0.3 is 5.97 Å². The lowest BCUT2D eigenvalue weighted by Gasteiger charge is -2.07. The van der Waals surface area contributed by atoms with E-state index in [0.717, 1.165) is 5.56 Å². The van der Waals surface area contributed by atoms with Crippen molar-refractivity contribution in [3.05, 3.63) is 87.2 Å². The molecule has 0 spiro atoms. The number of nitrogens with zero attached hydrogens (tertiary/aromatic N) is 3. The van der Waals surface area contributed by atoms with Gasteiger partial charge in [0.2, 0.25) is 0 Å². The summed E-state index contributed by atoms with van der Waals surface area (Å²) in [5.41, 5.74) is 2.11. The highest BCUT2D eigenvalue weighted by Gasteiger charge is 2.16. The molecule has 0 fully saturated rings. The molecule has 0 unspecified atom stereocenters. The van der Waals surface area contributed by atoms with E-state index in [2.05, 4.69) is 10.4 Å². The first-order valence-electron chi connectivity index (χ1n) is 8.64. The molecule has 3 aromatic rings. The quantitative estimate of drug-likeness (QED) is 0.390. The van der Waals surface area contributed by atoms with E-state index in [9.17, 15) is 19.7 Å². The Labute approximate surface area is 166 Å². The fourth-order valence-electron chi connectivity index (χ4n) is 2.81. The maximum Gasteiger partial charge on any atom is 0.338 e. The first-order valence-corrected chi connectivity index (χ1v) is 8.64. The van der Waals surface area contributed by atoms with E-state index in [0.29, 0.717) is 23.4 Å². The third kappa shape index (κ3) is 4.46. The number of rotatable bonds is 6. The minimum atomic E-state index is -0.525.